The number of hydrogen-bond acceptors (Lipinski definition) is 6. The van der Waals surface area contributed by atoms with Crippen LogP contribution in [0.1, 0.15) is 35.7 Å². The lowest BCUT2D eigenvalue weighted by Crippen LogP contribution is -2.07. The number of aryl methyl sites for hydroxylation is 1. The second-order valence-electron chi connectivity index (χ2n) is 6.41. The summed E-state index contributed by atoms with van der Waals surface area (Å²) in [6.07, 6.45) is 1.14. The molecule has 0 aliphatic carbocycles. The Morgan fingerprint density at radius 3 is 2.68 bits per heavy atom. The molecule has 3 rings (SSSR count). The molecule has 0 unspecified atom stereocenters. The maximum atomic E-state index is 13.8. The molecule has 8 heteroatoms. The van der Waals surface area contributed by atoms with Crippen molar-refractivity contribution in [1.82, 2.24) is 0 Å². The monoisotopic (exact) mass is 408 g/mol. The number of hydrogen-bond donors (Lipinski definition) is 0. The van der Waals surface area contributed by atoms with Crippen LogP contribution in [0.3, 0.4) is 0 Å². The number of carbonyl (C=O) groups excluding carboxylic acids is 1. The predicted molar refractivity (Wildman–Crippen MR) is 101 cm³/mol. The van der Waals surface area contributed by atoms with E-state index in [1.165, 1.54) is 31.4 Å². The summed E-state index contributed by atoms with van der Waals surface area (Å²) in [6.45, 7) is 2.26. The number of ether oxygens (including phenoxy) is 3. The molecule has 1 aliphatic heterocycles. The van der Waals surface area contributed by atoms with E-state index in [0.29, 0.717) is 25.0 Å². The molecule has 0 saturated heterocycles. The number of rotatable bonds is 8. The summed E-state index contributed by atoms with van der Waals surface area (Å²) in [5.41, 5.74) is 0.918. The van der Waals surface area contributed by atoms with E-state index in [-0.39, 0.29) is 39.9 Å². The molecule has 0 N–H and O–H groups in total. The summed E-state index contributed by atoms with van der Waals surface area (Å²) in [5, 5.41) is 0. The van der Waals surface area contributed by atoms with Gasteiger partial charge in [0.2, 0.25) is 9.84 Å². The third-order valence-electron chi connectivity index (χ3n) is 4.37. The second kappa shape index (κ2) is 8.18. The Labute approximate surface area is 163 Å². The molecule has 28 heavy (non-hydrogen) atoms. The number of halogens is 1. The molecule has 0 aromatic heterocycles. The summed E-state index contributed by atoms with van der Waals surface area (Å²) in [4.78, 5) is 12.8. The molecule has 0 spiro atoms. The highest BCUT2D eigenvalue weighted by Gasteiger charge is 2.31. The van der Waals surface area contributed by atoms with Gasteiger partial charge in [0.15, 0.2) is 23.3 Å². The molecule has 2 aromatic carbocycles. The molecule has 0 bridgehead atoms. The first-order chi connectivity index (χ1) is 13.4. The van der Waals surface area contributed by atoms with Gasteiger partial charge in [0.25, 0.3) is 0 Å². The van der Waals surface area contributed by atoms with Gasteiger partial charge < -0.3 is 14.2 Å². The Kier molecular flexibility index (Phi) is 5.88. The SMILES string of the molecule is CCCOc1cc2c(cc1C(=O)CCc1ccc(OC)c(F)c1)OCS2(=O)=O. The lowest BCUT2D eigenvalue weighted by molar-refractivity contribution is 0.0978. The van der Waals surface area contributed by atoms with Crippen molar-refractivity contribution in [1.29, 1.82) is 0 Å². The molecule has 1 heterocycles. The van der Waals surface area contributed by atoms with Crippen LogP contribution in [-0.2, 0) is 16.3 Å². The van der Waals surface area contributed by atoms with Gasteiger partial charge in [0.05, 0.1) is 19.3 Å². The fourth-order valence-corrected chi connectivity index (χ4v) is 4.03. The number of ketones is 1. The van der Waals surface area contributed by atoms with Gasteiger partial charge in [-0.25, -0.2) is 12.8 Å². The lowest BCUT2D eigenvalue weighted by atomic mass is 10.0. The molecule has 1 aliphatic rings. The third kappa shape index (κ3) is 4.11. The van der Waals surface area contributed by atoms with Crippen molar-refractivity contribution in [3.05, 3.63) is 47.3 Å². The van der Waals surface area contributed by atoms with Crippen LogP contribution in [0.4, 0.5) is 4.39 Å². The van der Waals surface area contributed by atoms with Crippen LogP contribution in [0.5, 0.6) is 17.2 Å². The number of benzene rings is 2. The fourth-order valence-electron chi connectivity index (χ4n) is 2.91. The first kappa shape index (κ1) is 20.1. The Hall–Kier alpha value is -2.61. The lowest BCUT2D eigenvalue weighted by Gasteiger charge is -2.12. The van der Waals surface area contributed by atoms with E-state index in [1.807, 2.05) is 6.92 Å². The number of Topliss-reactive ketones (excluding diaryl/α,β-unsaturated/α-hetero) is 1. The first-order valence-electron chi connectivity index (χ1n) is 8.87. The molecule has 2 aromatic rings. The van der Waals surface area contributed by atoms with Crippen molar-refractivity contribution in [2.45, 2.75) is 31.1 Å². The van der Waals surface area contributed by atoms with E-state index in [2.05, 4.69) is 0 Å². The average Bonchev–Trinajstić information content (AvgIpc) is 2.98. The normalized spacial score (nSPS) is 14.2. The van der Waals surface area contributed by atoms with E-state index < -0.39 is 21.6 Å². The minimum atomic E-state index is -3.53. The predicted octanol–water partition coefficient (Wildman–Crippen LogP) is 3.56. The largest absolute Gasteiger partial charge is 0.494 e. The third-order valence-corrected chi connectivity index (χ3v) is 5.79. The van der Waals surface area contributed by atoms with Crippen molar-refractivity contribution in [2.75, 3.05) is 19.7 Å². The minimum absolute atomic E-state index is 0.0346. The molecular formula is C20H21FO6S. The molecule has 150 valence electrons. The Bertz CT molecular complexity index is 1000. The average molecular weight is 408 g/mol. The molecule has 0 fully saturated rings. The summed E-state index contributed by atoms with van der Waals surface area (Å²) >= 11 is 0. The molecule has 0 amide bonds. The Balaban J connectivity index is 1.83. The van der Waals surface area contributed by atoms with Gasteiger partial charge in [0, 0.05) is 12.5 Å². The highest BCUT2D eigenvalue weighted by Crippen LogP contribution is 2.37. The van der Waals surface area contributed by atoms with Crippen LogP contribution in [0.15, 0.2) is 35.2 Å². The van der Waals surface area contributed by atoms with Crippen molar-refractivity contribution in [2.24, 2.45) is 0 Å². The van der Waals surface area contributed by atoms with Crippen LogP contribution in [-0.4, -0.2) is 33.9 Å². The van der Waals surface area contributed by atoms with Gasteiger partial charge in [-0.05, 0) is 36.6 Å². The summed E-state index contributed by atoms with van der Waals surface area (Å²) < 4.78 is 53.6. The maximum Gasteiger partial charge on any atom is 0.217 e. The van der Waals surface area contributed by atoms with Gasteiger partial charge in [0.1, 0.15) is 16.4 Å². The van der Waals surface area contributed by atoms with Crippen LogP contribution in [0.25, 0.3) is 0 Å². The molecule has 0 radical (unpaired) electrons. The number of fused-ring (bicyclic) bond motifs is 1. The van der Waals surface area contributed by atoms with E-state index in [0.717, 1.165) is 0 Å². The highest BCUT2D eigenvalue weighted by atomic mass is 32.2. The highest BCUT2D eigenvalue weighted by molar-refractivity contribution is 7.91. The first-order valence-corrected chi connectivity index (χ1v) is 10.5. The fraction of sp³-hybridized carbons (Fsp3) is 0.350. The molecule has 0 saturated carbocycles. The summed E-state index contributed by atoms with van der Waals surface area (Å²) in [7, 11) is -2.14. The zero-order chi connectivity index (χ0) is 20.3. The number of sulfone groups is 1. The van der Waals surface area contributed by atoms with Gasteiger partial charge in [-0.15, -0.1) is 0 Å². The molecular weight excluding hydrogens is 387 g/mol. The summed E-state index contributed by atoms with van der Waals surface area (Å²) in [5.74, 6) is -0.655. The zero-order valence-corrected chi connectivity index (χ0v) is 16.5. The van der Waals surface area contributed by atoms with Crippen molar-refractivity contribution in [3.63, 3.8) is 0 Å². The minimum Gasteiger partial charge on any atom is -0.494 e. The topological polar surface area (TPSA) is 78.9 Å². The number of methoxy groups -OCH3 is 1. The van der Waals surface area contributed by atoms with Gasteiger partial charge in [-0.1, -0.05) is 13.0 Å². The van der Waals surface area contributed by atoms with Crippen molar-refractivity contribution >= 4 is 15.6 Å². The van der Waals surface area contributed by atoms with Crippen LogP contribution in [0, 0.1) is 5.82 Å². The Morgan fingerprint density at radius 1 is 1.21 bits per heavy atom. The van der Waals surface area contributed by atoms with Gasteiger partial charge in [-0.3, -0.25) is 4.79 Å². The summed E-state index contributed by atoms with van der Waals surface area (Å²) in [6, 6.07) is 7.31. The maximum absolute atomic E-state index is 13.8. The standard InChI is InChI=1S/C20H21FO6S/c1-3-8-26-18-11-20-19(27-12-28(20,23)24)10-14(18)16(22)6-4-13-5-7-17(25-2)15(21)9-13/h5,7,9-11H,3-4,6,8,12H2,1-2H3. The van der Waals surface area contributed by atoms with E-state index in [9.17, 15) is 17.6 Å². The van der Waals surface area contributed by atoms with Crippen molar-refractivity contribution < 1.29 is 31.8 Å². The van der Waals surface area contributed by atoms with Crippen LogP contribution in [0.2, 0.25) is 0 Å². The van der Waals surface area contributed by atoms with E-state index in [1.54, 1.807) is 6.07 Å². The van der Waals surface area contributed by atoms with Crippen LogP contribution < -0.4 is 14.2 Å². The number of carbonyl (C=O) groups is 1. The van der Waals surface area contributed by atoms with E-state index >= 15 is 0 Å². The van der Waals surface area contributed by atoms with Gasteiger partial charge >= 0.3 is 0 Å². The second-order valence-corrected chi connectivity index (χ2v) is 8.32. The van der Waals surface area contributed by atoms with Crippen molar-refractivity contribution in [3.8, 4) is 17.2 Å². The Morgan fingerprint density at radius 2 is 2.00 bits per heavy atom. The van der Waals surface area contributed by atoms with E-state index in [4.69, 9.17) is 14.2 Å². The van der Waals surface area contributed by atoms with Gasteiger partial charge in [-0.2, -0.15) is 0 Å². The molecule has 6 nitrogen and oxygen atoms in total. The molecule has 0 atom stereocenters. The quantitative estimate of drug-likeness (QED) is 0.622. The van der Waals surface area contributed by atoms with Crippen LogP contribution >= 0.6 is 0 Å². The smallest absolute Gasteiger partial charge is 0.217 e. The zero-order valence-electron chi connectivity index (χ0n) is 15.7.